The molecule has 1 saturated heterocycles. The van der Waals surface area contributed by atoms with Gasteiger partial charge in [0.15, 0.2) is 0 Å². The molecule has 1 aliphatic heterocycles. The number of aromatic carboxylic acids is 1. The molecule has 1 aromatic carbocycles. The summed E-state index contributed by atoms with van der Waals surface area (Å²) in [5.74, 6) is -0.149. The van der Waals surface area contributed by atoms with Gasteiger partial charge >= 0.3 is 5.97 Å². The first kappa shape index (κ1) is 14.8. The molecule has 0 unspecified atom stereocenters. The summed E-state index contributed by atoms with van der Waals surface area (Å²) in [6, 6.07) is 4.94. The highest BCUT2D eigenvalue weighted by atomic mass is 16.5. The Kier molecular flexibility index (Phi) is 5.38. The summed E-state index contributed by atoms with van der Waals surface area (Å²) in [5.41, 5.74) is 1.15. The van der Waals surface area contributed by atoms with Crippen molar-refractivity contribution in [2.75, 3.05) is 39.5 Å². The number of hydrogen-bond acceptors (Lipinski definition) is 4. The summed E-state index contributed by atoms with van der Waals surface area (Å²) in [5, 5.41) is 8.90. The standard InChI is InChI=1S/C15H21NO4/c1-12-11-13(15(17)18)3-4-14(12)20-8-2-5-16-6-9-19-10-7-16/h3-4,11H,2,5-10H2,1H3,(H,17,18). The van der Waals surface area contributed by atoms with E-state index in [1.807, 2.05) is 6.92 Å². The van der Waals surface area contributed by atoms with Gasteiger partial charge < -0.3 is 14.6 Å². The van der Waals surface area contributed by atoms with Gasteiger partial charge in [-0.2, -0.15) is 0 Å². The van der Waals surface area contributed by atoms with Crippen LogP contribution in [0.4, 0.5) is 0 Å². The number of carboxylic acid groups (broad SMARTS) is 1. The Morgan fingerprint density at radius 3 is 2.80 bits per heavy atom. The molecular weight excluding hydrogens is 258 g/mol. The molecule has 20 heavy (non-hydrogen) atoms. The van der Waals surface area contributed by atoms with Crippen molar-refractivity contribution in [3.8, 4) is 5.75 Å². The molecule has 0 amide bonds. The van der Waals surface area contributed by atoms with Crippen molar-refractivity contribution < 1.29 is 19.4 Å². The van der Waals surface area contributed by atoms with Gasteiger partial charge in [0.05, 0.1) is 25.4 Å². The van der Waals surface area contributed by atoms with Crippen LogP contribution in [0.1, 0.15) is 22.3 Å². The fourth-order valence-electron chi connectivity index (χ4n) is 2.24. The fraction of sp³-hybridized carbons (Fsp3) is 0.533. The van der Waals surface area contributed by atoms with Gasteiger partial charge in [-0.05, 0) is 37.1 Å². The third-order valence-electron chi connectivity index (χ3n) is 3.40. The Bertz CT molecular complexity index is 455. The smallest absolute Gasteiger partial charge is 0.335 e. The van der Waals surface area contributed by atoms with Gasteiger partial charge in [-0.3, -0.25) is 4.90 Å². The lowest BCUT2D eigenvalue weighted by Gasteiger charge is -2.26. The summed E-state index contributed by atoms with van der Waals surface area (Å²) in [4.78, 5) is 13.2. The maximum absolute atomic E-state index is 10.8. The summed E-state index contributed by atoms with van der Waals surface area (Å²) >= 11 is 0. The molecule has 1 fully saturated rings. The number of morpholine rings is 1. The second-order valence-electron chi connectivity index (χ2n) is 4.94. The molecule has 2 rings (SSSR count). The highest BCUT2D eigenvalue weighted by molar-refractivity contribution is 5.88. The average molecular weight is 279 g/mol. The molecule has 110 valence electrons. The lowest BCUT2D eigenvalue weighted by Crippen LogP contribution is -2.37. The predicted molar refractivity (Wildman–Crippen MR) is 75.5 cm³/mol. The Balaban J connectivity index is 1.74. The minimum atomic E-state index is -0.910. The van der Waals surface area contributed by atoms with E-state index in [2.05, 4.69) is 4.90 Å². The van der Waals surface area contributed by atoms with Crippen molar-refractivity contribution in [3.05, 3.63) is 29.3 Å². The number of carbonyl (C=O) groups is 1. The number of carboxylic acids is 1. The summed E-state index contributed by atoms with van der Waals surface area (Å²) in [6.07, 6.45) is 0.958. The van der Waals surface area contributed by atoms with Crippen LogP contribution in [0.15, 0.2) is 18.2 Å². The van der Waals surface area contributed by atoms with Crippen molar-refractivity contribution in [1.82, 2.24) is 4.90 Å². The van der Waals surface area contributed by atoms with Gasteiger partial charge in [0.2, 0.25) is 0 Å². The Morgan fingerprint density at radius 1 is 1.40 bits per heavy atom. The molecule has 1 N–H and O–H groups in total. The van der Waals surface area contributed by atoms with Crippen LogP contribution in [0.25, 0.3) is 0 Å². The van der Waals surface area contributed by atoms with Crippen LogP contribution in [0, 0.1) is 6.92 Å². The monoisotopic (exact) mass is 279 g/mol. The number of benzene rings is 1. The van der Waals surface area contributed by atoms with Crippen LogP contribution < -0.4 is 4.74 Å². The summed E-state index contributed by atoms with van der Waals surface area (Å²) in [6.45, 7) is 7.13. The molecule has 0 bridgehead atoms. The van der Waals surface area contributed by atoms with Gasteiger partial charge in [0.1, 0.15) is 5.75 Å². The van der Waals surface area contributed by atoms with Gasteiger partial charge in [-0.15, -0.1) is 0 Å². The zero-order valence-electron chi connectivity index (χ0n) is 11.8. The largest absolute Gasteiger partial charge is 0.493 e. The van der Waals surface area contributed by atoms with Crippen molar-refractivity contribution in [1.29, 1.82) is 0 Å². The lowest BCUT2D eigenvalue weighted by atomic mass is 10.1. The zero-order chi connectivity index (χ0) is 14.4. The van der Waals surface area contributed by atoms with E-state index in [9.17, 15) is 4.79 Å². The van der Waals surface area contributed by atoms with Crippen molar-refractivity contribution in [2.24, 2.45) is 0 Å². The van der Waals surface area contributed by atoms with Crippen LogP contribution in [0.2, 0.25) is 0 Å². The van der Waals surface area contributed by atoms with E-state index in [1.165, 1.54) is 0 Å². The maximum atomic E-state index is 10.8. The molecule has 5 nitrogen and oxygen atoms in total. The van der Waals surface area contributed by atoms with Crippen molar-refractivity contribution in [2.45, 2.75) is 13.3 Å². The Morgan fingerprint density at radius 2 is 2.15 bits per heavy atom. The van der Waals surface area contributed by atoms with E-state index in [4.69, 9.17) is 14.6 Å². The second kappa shape index (κ2) is 7.26. The van der Waals surface area contributed by atoms with Gasteiger partial charge in [0, 0.05) is 19.6 Å². The van der Waals surface area contributed by atoms with Gasteiger partial charge in [-0.1, -0.05) is 0 Å². The molecule has 0 radical (unpaired) electrons. The molecule has 1 aromatic rings. The van der Waals surface area contributed by atoms with E-state index in [0.29, 0.717) is 12.2 Å². The van der Waals surface area contributed by atoms with E-state index in [1.54, 1.807) is 18.2 Å². The molecule has 0 saturated carbocycles. The molecule has 1 aliphatic rings. The molecule has 0 aliphatic carbocycles. The lowest BCUT2D eigenvalue weighted by molar-refractivity contribution is 0.0358. The molecular formula is C15H21NO4. The normalized spacial score (nSPS) is 16.1. The zero-order valence-corrected chi connectivity index (χ0v) is 11.8. The maximum Gasteiger partial charge on any atom is 0.335 e. The predicted octanol–water partition coefficient (Wildman–Crippen LogP) is 1.79. The first-order valence-electron chi connectivity index (χ1n) is 6.93. The molecule has 0 aromatic heterocycles. The van der Waals surface area contributed by atoms with Crippen molar-refractivity contribution >= 4 is 5.97 Å². The van der Waals surface area contributed by atoms with Crippen LogP contribution in [0.5, 0.6) is 5.75 Å². The van der Waals surface area contributed by atoms with Crippen LogP contribution >= 0.6 is 0 Å². The Hall–Kier alpha value is -1.59. The van der Waals surface area contributed by atoms with Crippen molar-refractivity contribution in [3.63, 3.8) is 0 Å². The Labute approximate surface area is 119 Å². The third kappa shape index (κ3) is 4.21. The van der Waals surface area contributed by atoms with E-state index >= 15 is 0 Å². The van der Waals surface area contributed by atoms with E-state index in [-0.39, 0.29) is 0 Å². The average Bonchev–Trinajstić information content (AvgIpc) is 2.46. The van der Waals surface area contributed by atoms with Gasteiger partial charge in [0.25, 0.3) is 0 Å². The van der Waals surface area contributed by atoms with E-state index in [0.717, 1.165) is 50.6 Å². The minimum absolute atomic E-state index is 0.295. The number of aryl methyl sites for hydroxylation is 1. The highest BCUT2D eigenvalue weighted by Gasteiger charge is 2.10. The molecule has 0 atom stereocenters. The molecule has 0 spiro atoms. The molecule has 1 heterocycles. The SMILES string of the molecule is Cc1cc(C(=O)O)ccc1OCCCN1CCOCC1. The van der Waals surface area contributed by atoms with Gasteiger partial charge in [-0.25, -0.2) is 4.79 Å². The number of hydrogen-bond donors (Lipinski definition) is 1. The molecule has 5 heteroatoms. The quantitative estimate of drug-likeness (QED) is 0.805. The van der Waals surface area contributed by atoms with Crippen LogP contribution in [-0.4, -0.2) is 55.4 Å². The van der Waals surface area contributed by atoms with Crippen LogP contribution in [0.3, 0.4) is 0 Å². The topological polar surface area (TPSA) is 59.0 Å². The summed E-state index contributed by atoms with van der Waals surface area (Å²) in [7, 11) is 0. The van der Waals surface area contributed by atoms with E-state index < -0.39 is 5.97 Å². The summed E-state index contributed by atoms with van der Waals surface area (Å²) < 4.78 is 11.0. The number of ether oxygens (including phenoxy) is 2. The minimum Gasteiger partial charge on any atom is -0.493 e. The fourth-order valence-corrected chi connectivity index (χ4v) is 2.24. The highest BCUT2D eigenvalue weighted by Crippen LogP contribution is 2.19. The third-order valence-corrected chi connectivity index (χ3v) is 3.40. The second-order valence-corrected chi connectivity index (χ2v) is 4.94. The van der Waals surface area contributed by atoms with Crippen LogP contribution in [-0.2, 0) is 4.74 Å². The first-order valence-corrected chi connectivity index (χ1v) is 6.93. The number of nitrogens with zero attached hydrogens (tertiary/aromatic N) is 1. The first-order chi connectivity index (χ1) is 9.66. The number of rotatable bonds is 6.